The van der Waals surface area contributed by atoms with Crippen LogP contribution in [0.15, 0.2) is 29.7 Å². The number of amides is 1. The van der Waals surface area contributed by atoms with Crippen LogP contribution in [0.4, 0.5) is 0 Å². The number of thioether (sulfide) groups is 1. The van der Waals surface area contributed by atoms with Crippen LogP contribution in [-0.2, 0) is 11.3 Å². The van der Waals surface area contributed by atoms with Gasteiger partial charge in [-0.25, -0.2) is 0 Å². The number of carbonyl (C=O) groups is 1. The van der Waals surface area contributed by atoms with Gasteiger partial charge in [-0.2, -0.15) is 0 Å². The molecule has 0 radical (unpaired) electrons. The van der Waals surface area contributed by atoms with E-state index >= 15 is 0 Å². The fourth-order valence-corrected chi connectivity index (χ4v) is 4.20. The second kappa shape index (κ2) is 7.78. The van der Waals surface area contributed by atoms with Gasteiger partial charge in [-0.05, 0) is 56.1 Å². The van der Waals surface area contributed by atoms with Crippen LogP contribution in [0.2, 0.25) is 0 Å². The Morgan fingerprint density at radius 1 is 1.23 bits per heavy atom. The first-order chi connectivity index (χ1) is 12.8. The maximum atomic E-state index is 12.4. The molecule has 0 aromatic carbocycles. The summed E-state index contributed by atoms with van der Waals surface area (Å²) in [6, 6.07) is 4.28. The molecule has 0 spiro atoms. The number of nitrogens with one attached hydrogen (secondary N) is 1. The van der Waals surface area contributed by atoms with Crippen molar-refractivity contribution in [1.82, 2.24) is 25.1 Å². The quantitative estimate of drug-likeness (QED) is 0.686. The third kappa shape index (κ3) is 4.09. The third-order valence-corrected chi connectivity index (χ3v) is 5.99. The fraction of sp³-hybridized carbons (Fsp3) is 0.579. The summed E-state index contributed by atoms with van der Waals surface area (Å²) in [6.07, 6.45) is 9.60. The van der Waals surface area contributed by atoms with Crippen LogP contribution < -0.4 is 5.32 Å². The normalized spacial score (nSPS) is 16.8. The predicted molar refractivity (Wildman–Crippen MR) is 102 cm³/mol. The van der Waals surface area contributed by atoms with Gasteiger partial charge in [0.2, 0.25) is 5.91 Å². The van der Waals surface area contributed by atoms with E-state index in [2.05, 4.69) is 32.0 Å². The number of hydrogen-bond donors (Lipinski definition) is 1. The summed E-state index contributed by atoms with van der Waals surface area (Å²) in [4.78, 5) is 16.5. The molecule has 0 atom stereocenters. The van der Waals surface area contributed by atoms with Crippen LogP contribution in [0.3, 0.4) is 0 Å². The number of carbonyl (C=O) groups excluding carboxylic acids is 1. The predicted octanol–water partition coefficient (Wildman–Crippen LogP) is 3.15. The van der Waals surface area contributed by atoms with E-state index in [-0.39, 0.29) is 5.91 Å². The topological polar surface area (TPSA) is 72.7 Å². The van der Waals surface area contributed by atoms with Gasteiger partial charge in [0.15, 0.2) is 11.0 Å². The Kier molecular flexibility index (Phi) is 5.24. The van der Waals surface area contributed by atoms with Gasteiger partial charge in [0, 0.05) is 30.5 Å². The monoisotopic (exact) mass is 371 g/mol. The lowest BCUT2D eigenvalue weighted by atomic mass is 10.1. The molecule has 1 amide bonds. The van der Waals surface area contributed by atoms with Gasteiger partial charge in [-0.1, -0.05) is 18.7 Å². The summed E-state index contributed by atoms with van der Waals surface area (Å²) in [5, 5.41) is 12.8. The second-order valence-electron chi connectivity index (χ2n) is 7.25. The second-order valence-corrected chi connectivity index (χ2v) is 8.19. The molecular weight excluding hydrogens is 346 g/mol. The maximum Gasteiger partial charge on any atom is 0.230 e. The molecule has 2 fully saturated rings. The lowest BCUT2D eigenvalue weighted by Crippen LogP contribution is -2.39. The zero-order chi connectivity index (χ0) is 17.9. The van der Waals surface area contributed by atoms with E-state index in [0.717, 1.165) is 41.3 Å². The maximum absolute atomic E-state index is 12.4. The highest BCUT2D eigenvalue weighted by Crippen LogP contribution is 2.44. The van der Waals surface area contributed by atoms with Crippen molar-refractivity contribution in [3.05, 3.63) is 24.5 Å². The molecule has 0 aliphatic heterocycles. The van der Waals surface area contributed by atoms with E-state index in [0.29, 0.717) is 11.8 Å². The van der Waals surface area contributed by atoms with Gasteiger partial charge in [-0.3, -0.25) is 9.78 Å². The SMILES string of the molecule is CCCn1c(SCC(=O)NC(C2CC2)C2CC2)nnc1-c1ccncc1. The molecule has 26 heavy (non-hydrogen) atoms. The zero-order valence-corrected chi connectivity index (χ0v) is 15.9. The minimum Gasteiger partial charge on any atom is -0.352 e. The number of aromatic nitrogens is 4. The largest absolute Gasteiger partial charge is 0.352 e. The molecular formula is C19H25N5OS. The van der Waals surface area contributed by atoms with E-state index in [1.807, 2.05) is 12.1 Å². The molecule has 4 rings (SSSR count). The van der Waals surface area contributed by atoms with Crippen molar-refractivity contribution >= 4 is 17.7 Å². The molecule has 1 N–H and O–H groups in total. The molecule has 2 aromatic rings. The summed E-state index contributed by atoms with van der Waals surface area (Å²) in [5.74, 6) is 2.80. The summed E-state index contributed by atoms with van der Waals surface area (Å²) < 4.78 is 2.10. The lowest BCUT2D eigenvalue weighted by Gasteiger charge is -2.17. The van der Waals surface area contributed by atoms with Gasteiger partial charge in [0.25, 0.3) is 0 Å². The minimum absolute atomic E-state index is 0.121. The Bertz CT molecular complexity index is 743. The van der Waals surface area contributed by atoms with Gasteiger partial charge < -0.3 is 9.88 Å². The Morgan fingerprint density at radius 2 is 1.92 bits per heavy atom. The van der Waals surface area contributed by atoms with Crippen LogP contribution in [0.1, 0.15) is 39.0 Å². The summed E-state index contributed by atoms with van der Waals surface area (Å²) in [5.41, 5.74) is 1.000. The smallest absolute Gasteiger partial charge is 0.230 e. The molecule has 138 valence electrons. The standard InChI is InChI=1S/C19H25N5OS/c1-2-11-24-18(15-7-9-20-10-8-15)22-23-19(24)26-12-16(25)21-17(13-3-4-13)14-5-6-14/h7-10,13-14,17H,2-6,11-12H2,1H3,(H,21,25). The third-order valence-electron chi connectivity index (χ3n) is 5.02. The molecule has 0 unspecified atom stereocenters. The summed E-state index contributed by atoms with van der Waals surface area (Å²) in [6.45, 7) is 2.97. The summed E-state index contributed by atoms with van der Waals surface area (Å²) >= 11 is 1.48. The van der Waals surface area contributed by atoms with E-state index in [1.54, 1.807) is 12.4 Å². The highest BCUT2D eigenvalue weighted by atomic mass is 32.2. The number of hydrogen-bond acceptors (Lipinski definition) is 5. The summed E-state index contributed by atoms with van der Waals surface area (Å²) in [7, 11) is 0. The first kappa shape index (κ1) is 17.5. The van der Waals surface area contributed by atoms with Crippen molar-refractivity contribution in [2.75, 3.05) is 5.75 Å². The Balaban J connectivity index is 1.41. The van der Waals surface area contributed by atoms with E-state index in [4.69, 9.17) is 0 Å². The molecule has 2 heterocycles. The molecule has 6 nitrogen and oxygen atoms in total. The Labute approximate surface area is 158 Å². The van der Waals surface area contributed by atoms with Crippen LogP contribution in [0.5, 0.6) is 0 Å². The average molecular weight is 372 g/mol. The van der Waals surface area contributed by atoms with Crippen LogP contribution >= 0.6 is 11.8 Å². The Morgan fingerprint density at radius 3 is 2.54 bits per heavy atom. The molecule has 2 aliphatic rings. The van der Waals surface area contributed by atoms with Gasteiger partial charge in [0.05, 0.1) is 5.75 Å². The van der Waals surface area contributed by atoms with Crippen molar-refractivity contribution in [2.24, 2.45) is 11.8 Å². The van der Waals surface area contributed by atoms with Crippen LogP contribution in [0, 0.1) is 11.8 Å². The fourth-order valence-electron chi connectivity index (χ4n) is 3.42. The molecule has 2 aliphatic carbocycles. The van der Waals surface area contributed by atoms with Crippen molar-refractivity contribution < 1.29 is 4.79 Å². The van der Waals surface area contributed by atoms with E-state index in [9.17, 15) is 4.79 Å². The first-order valence-electron chi connectivity index (χ1n) is 9.52. The molecule has 0 saturated heterocycles. The first-order valence-corrected chi connectivity index (χ1v) is 10.5. The van der Waals surface area contributed by atoms with Crippen LogP contribution in [0.25, 0.3) is 11.4 Å². The van der Waals surface area contributed by atoms with Crippen molar-refractivity contribution in [3.8, 4) is 11.4 Å². The van der Waals surface area contributed by atoms with Crippen molar-refractivity contribution in [3.63, 3.8) is 0 Å². The van der Waals surface area contributed by atoms with Gasteiger partial charge in [0.1, 0.15) is 0 Å². The van der Waals surface area contributed by atoms with E-state index in [1.165, 1.54) is 37.4 Å². The van der Waals surface area contributed by atoms with Crippen LogP contribution in [-0.4, -0.2) is 37.5 Å². The lowest BCUT2D eigenvalue weighted by molar-refractivity contribution is -0.119. The highest BCUT2D eigenvalue weighted by molar-refractivity contribution is 7.99. The van der Waals surface area contributed by atoms with Gasteiger partial charge >= 0.3 is 0 Å². The zero-order valence-electron chi connectivity index (χ0n) is 15.1. The minimum atomic E-state index is 0.121. The van der Waals surface area contributed by atoms with Gasteiger partial charge in [-0.15, -0.1) is 10.2 Å². The van der Waals surface area contributed by atoms with E-state index < -0.39 is 0 Å². The number of rotatable bonds is 9. The molecule has 2 aromatic heterocycles. The van der Waals surface area contributed by atoms with Crippen molar-refractivity contribution in [2.45, 2.75) is 56.8 Å². The van der Waals surface area contributed by atoms with Crippen molar-refractivity contribution in [1.29, 1.82) is 0 Å². The average Bonchev–Trinajstić information content (AvgIpc) is 3.58. The molecule has 7 heteroatoms. The number of nitrogens with zero attached hydrogens (tertiary/aromatic N) is 4. The highest BCUT2D eigenvalue weighted by Gasteiger charge is 2.42. The Hall–Kier alpha value is -1.89. The molecule has 0 bridgehead atoms. The number of pyridine rings is 1. The molecule has 2 saturated carbocycles.